The maximum absolute atomic E-state index is 10.7. The topological polar surface area (TPSA) is 61.3 Å². The van der Waals surface area contributed by atoms with E-state index in [4.69, 9.17) is 11.6 Å². The molecule has 140 valence electrons. The zero-order chi connectivity index (χ0) is 19.5. The van der Waals surface area contributed by atoms with Crippen molar-refractivity contribution < 1.29 is 10.0 Å². The van der Waals surface area contributed by atoms with E-state index in [2.05, 4.69) is 29.3 Å². The lowest BCUT2D eigenvalue weighted by Gasteiger charge is -2.25. The molecule has 1 atom stereocenters. The minimum Gasteiger partial charge on any atom is -0.506 e. The zero-order valence-corrected chi connectivity index (χ0v) is 16.7. The highest BCUT2D eigenvalue weighted by atomic mass is 35.5. The lowest BCUT2D eigenvalue weighted by atomic mass is 10.00. The van der Waals surface area contributed by atoms with Gasteiger partial charge in [0.05, 0.1) is 12.2 Å². The molecule has 0 spiro atoms. The lowest BCUT2D eigenvalue weighted by molar-refractivity contribution is -0.912. The number of benzene rings is 2. The van der Waals surface area contributed by atoms with E-state index in [-0.39, 0.29) is 11.3 Å². The van der Waals surface area contributed by atoms with E-state index >= 15 is 0 Å². The largest absolute Gasteiger partial charge is 0.506 e. The van der Waals surface area contributed by atoms with Gasteiger partial charge in [-0.05, 0) is 17.7 Å². The summed E-state index contributed by atoms with van der Waals surface area (Å²) in [5.41, 5.74) is 4.66. The Labute approximate surface area is 173 Å². The van der Waals surface area contributed by atoms with Gasteiger partial charge in [-0.3, -0.25) is 0 Å². The maximum atomic E-state index is 10.7. The Kier molecular flexibility index (Phi) is 5.45. The van der Waals surface area contributed by atoms with Gasteiger partial charge in [-0.15, -0.1) is 11.3 Å². The normalized spacial score (nSPS) is 16.8. The quantitative estimate of drug-likeness (QED) is 0.508. The van der Waals surface area contributed by atoms with Gasteiger partial charge in [0.25, 0.3) is 0 Å². The molecular weight excluding hydrogens is 390 g/mol. The van der Waals surface area contributed by atoms with E-state index < -0.39 is 0 Å². The summed E-state index contributed by atoms with van der Waals surface area (Å²) in [6.45, 7) is 2.22. The molecule has 1 aliphatic heterocycles. The van der Waals surface area contributed by atoms with Crippen molar-refractivity contribution in [2.24, 2.45) is 0 Å². The van der Waals surface area contributed by atoms with Gasteiger partial charge >= 0.3 is 0 Å². The zero-order valence-electron chi connectivity index (χ0n) is 15.2. The summed E-state index contributed by atoms with van der Waals surface area (Å²) >= 11 is 7.31. The van der Waals surface area contributed by atoms with Crippen LogP contribution in [0, 0.1) is 11.3 Å². The molecule has 4 nitrogen and oxygen atoms in total. The molecule has 0 saturated carbocycles. The first-order valence-corrected chi connectivity index (χ1v) is 10.3. The van der Waals surface area contributed by atoms with E-state index in [1.165, 1.54) is 27.4 Å². The van der Waals surface area contributed by atoms with Crippen molar-refractivity contribution in [1.29, 1.82) is 5.26 Å². The van der Waals surface area contributed by atoms with Crippen LogP contribution in [-0.2, 0) is 13.0 Å². The number of hydrogen-bond acceptors (Lipinski definition) is 4. The monoisotopic (exact) mass is 408 g/mol. The molecule has 0 saturated heterocycles. The number of aliphatic hydroxyl groups is 1. The van der Waals surface area contributed by atoms with Crippen LogP contribution in [0.3, 0.4) is 0 Å². The molecule has 6 heteroatoms. The van der Waals surface area contributed by atoms with E-state index in [1.54, 1.807) is 0 Å². The molecule has 1 aromatic heterocycles. The van der Waals surface area contributed by atoms with Gasteiger partial charge in [-0.1, -0.05) is 48.0 Å². The number of halogens is 1. The Morgan fingerprint density at radius 1 is 1.18 bits per heavy atom. The van der Waals surface area contributed by atoms with Gasteiger partial charge < -0.3 is 10.0 Å². The Morgan fingerprint density at radius 3 is 2.68 bits per heavy atom. The Morgan fingerprint density at radius 2 is 1.93 bits per heavy atom. The van der Waals surface area contributed by atoms with Crippen LogP contribution in [0.2, 0.25) is 5.02 Å². The van der Waals surface area contributed by atoms with Gasteiger partial charge in [0, 0.05) is 28.0 Å². The molecule has 28 heavy (non-hydrogen) atoms. The molecule has 0 bridgehead atoms. The van der Waals surface area contributed by atoms with E-state index in [0.717, 1.165) is 30.8 Å². The first-order chi connectivity index (χ1) is 13.6. The number of fused-ring (bicyclic) bond motifs is 1. The number of hydrogen-bond donors (Lipinski definition) is 2. The number of aliphatic hydroxyl groups excluding tert-OH is 1. The number of thiazole rings is 1. The van der Waals surface area contributed by atoms with Crippen LogP contribution >= 0.6 is 22.9 Å². The van der Waals surface area contributed by atoms with Crippen molar-refractivity contribution in [2.75, 3.05) is 13.1 Å². The van der Waals surface area contributed by atoms with Gasteiger partial charge in [-0.25, -0.2) is 4.98 Å². The van der Waals surface area contributed by atoms with Gasteiger partial charge in [0.2, 0.25) is 0 Å². The third kappa shape index (κ3) is 3.95. The standard InChI is InChI=1S/C22H18ClN3OS/c23-18-7-5-16(6-8-18)20-14-28-22(25-20)19(11-24)21(27)13-26-10-9-15-3-1-2-4-17(15)12-26/h1-8,14,27H,9-10,12-13H2/p+1/b21-19-. The number of nitrogens with zero attached hydrogens (tertiary/aromatic N) is 2. The molecule has 0 fully saturated rings. The summed E-state index contributed by atoms with van der Waals surface area (Å²) in [4.78, 5) is 5.81. The minimum absolute atomic E-state index is 0.105. The molecule has 3 aromatic rings. The molecule has 0 radical (unpaired) electrons. The maximum Gasteiger partial charge on any atom is 0.168 e. The Balaban J connectivity index is 1.54. The molecule has 1 aliphatic rings. The summed E-state index contributed by atoms with van der Waals surface area (Å²) in [5.74, 6) is 0.105. The highest BCUT2D eigenvalue weighted by Gasteiger charge is 2.22. The van der Waals surface area contributed by atoms with Crippen LogP contribution in [0.15, 0.2) is 59.7 Å². The number of nitriles is 1. The summed E-state index contributed by atoms with van der Waals surface area (Å²) in [6, 6.07) is 18.0. The molecule has 0 amide bonds. The van der Waals surface area contributed by atoms with Gasteiger partial charge in [0.15, 0.2) is 5.76 Å². The second-order valence-electron chi connectivity index (χ2n) is 6.85. The summed E-state index contributed by atoms with van der Waals surface area (Å²) in [6.07, 6.45) is 0.985. The second kappa shape index (κ2) is 8.15. The average Bonchev–Trinajstić information content (AvgIpc) is 3.19. The van der Waals surface area contributed by atoms with Crippen LogP contribution in [0.25, 0.3) is 16.8 Å². The molecule has 2 heterocycles. The van der Waals surface area contributed by atoms with Gasteiger partial charge in [0.1, 0.15) is 29.7 Å². The van der Waals surface area contributed by atoms with Crippen molar-refractivity contribution in [1.82, 2.24) is 4.98 Å². The fraction of sp³-hybridized carbons (Fsp3) is 0.182. The third-order valence-electron chi connectivity index (χ3n) is 4.98. The third-order valence-corrected chi connectivity index (χ3v) is 6.09. The fourth-order valence-electron chi connectivity index (χ4n) is 3.50. The number of aromatic nitrogens is 1. The Hall–Kier alpha value is -2.65. The molecule has 2 N–H and O–H groups in total. The Bertz CT molecular complexity index is 1070. The molecular formula is C22H19ClN3OS+. The van der Waals surface area contributed by atoms with Crippen molar-refractivity contribution in [2.45, 2.75) is 13.0 Å². The number of allylic oxidation sites excluding steroid dienone is 1. The number of nitrogens with one attached hydrogen (secondary N) is 1. The van der Waals surface area contributed by atoms with Crippen LogP contribution in [0.5, 0.6) is 0 Å². The molecule has 0 aliphatic carbocycles. The summed E-state index contributed by atoms with van der Waals surface area (Å²) in [7, 11) is 0. The first kappa shape index (κ1) is 18.7. The van der Waals surface area contributed by atoms with Crippen LogP contribution in [-0.4, -0.2) is 23.2 Å². The van der Waals surface area contributed by atoms with E-state index in [0.29, 0.717) is 16.6 Å². The van der Waals surface area contributed by atoms with Crippen LogP contribution in [0.4, 0.5) is 0 Å². The summed E-state index contributed by atoms with van der Waals surface area (Å²) < 4.78 is 0. The van der Waals surface area contributed by atoms with Crippen molar-refractivity contribution in [3.8, 4) is 17.3 Å². The molecule has 1 unspecified atom stereocenters. The highest BCUT2D eigenvalue weighted by Crippen LogP contribution is 2.27. The predicted molar refractivity (Wildman–Crippen MR) is 112 cm³/mol. The second-order valence-corrected chi connectivity index (χ2v) is 8.15. The smallest absolute Gasteiger partial charge is 0.168 e. The van der Waals surface area contributed by atoms with Crippen molar-refractivity contribution in [3.05, 3.63) is 80.8 Å². The molecule has 2 aromatic carbocycles. The number of quaternary nitrogens is 1. The number of rotatable bonds is 4. The van der Waals surface area contributed by atoms with Crippen LogP contribution in [0.1, 0.15) is 16.1 Å². The highest BCUT2D eigenvalue weighted by molar-refractivity contribution is 7.11. The summed E-state index contributed by atoms with van der Waals surface area (Å²) in [5, 5.41) is 23.4. The first-order valence-electron chi connectivity index (χ1n) is 9.08. The van der Waals surface area contributed by atoms with Crippen LogP contribution < -0.4 is 4.90 Å². The lowest BCUT2D eigenvalue weighted by Crippen LogP contribution is -3.12. The van der Waals surface area contributed by atoms with E-state index in [9.17, 15) is 10.4 Å². The van der Waals surface area contributed by atoms with Crippen molar-refractivity contribution >= 4 is 28.5 Å². The predicted octanol–water partition coefficient (Wildman–Crippen LogP) is 3.90. The minimum atomic E-state index is 0.105. The molecule has 4 rings (SSSR count). The average molecular weight is 409 g/mol. The van der Waals surface area contributed by atoms with Gasteiger partial charge in [-0.2, -0.15) is 5.26 Å². The fourth-order valence-corrected chi connectivity index (χ4v) is 4.47. The van der Waals surface area contributed by atoms with Crippen molar-refractivity contribution in [3.63, 3.8) is 0 Å². The SMILES string of the molecule is N#C/C(=C(/O)C[NH+]1CCc2ccccc2C1)c1nc(-c2ccc(Cl)cc2)cs1. The van der Waals surface area contributed by atoms with E-state index in [1.807, 2.05) is 35.7 Å².